The summed E-state index contributed by atoms with van der Waals surface area (Å²) in [6.45, 7) is 0. The van der Waals surface area contributed by atoms with Gasteiger partial charge in [0.05, 0.1) is 5.03 Å². The van der Waals surface area contributed by atoms with Crippen molar-refractivity contribution in [2.24, 2.45) is 0 Å². The molecule has 1 aromatic rings. The second kappa shape index (κ2) is 3.68. The lowest BCUT2D eigenvalue weighted by Gasteiger charge is -2.23. The molecule has 0 aromatic heterocycles. The molecular weight excluding hydrogens is 248 g/mol. The molecule has 0 bridgehead atoms. The summed E-state index contributed by atoms with van der Waals surface area (Å²) in [5, 5.41) is 1.72. The van der Waals surface area contributed by atoms with Crippen LogP contribution in [0.25, 0.3) is 0 Å². The number of halogens is 3. The molecule has 3 rings (SSSR count). The molecule has 0 N–H and O–H groups in total. The number of hydrogen-bond acceptors (Lipinski definition) is 2. The highest BCUT2D eigenvalue weighted by Crippen LogP contribution is 2.51. The van der Waals surface area contributed by atoms with Gasteiger partial charge in [-0.2, -0.15) is 0 Å². The fourth-order valence-corrected chi connectivity index (χ4v) is 2.29. The Morgan fingerprint density at radius 3 is 2.53 bits per heavy atom. The SMILES string of the molecule is FC1(F)CC1N1OC=C(Cl)C1c1ccccc1. The highest BCUT2D eigenvalue weighted by atomic mass is 35.5. The van der Waals surface area contributed by atoms with Gasteiger partial charge in [-0.15, -0.1) is 5.06 Å². The summed E-state index contributed by atoms with van der Waals surface area (Å²) in [7, 11) is 0. The first-order chi connectivity index (χ1) is 8.09. The molecule has 1 heterocycles. The summed E-state index contributed by atoms with van der Waals surface area (Å²) in [5.74, 6) is -2.66. The van der Waals surface area contributed by atoms with E-state index in [0.29, 0.717) is 5.03 Å². The van der Waals surface area contributed by atoms with Crippen molar-refractivity contribution in [3.63, 3.8) is 0 Å². The summed E-state index contributed by atoms with van der Waals surface area (Å²) >= 11 is 6.02. The van der Waals surface area contributed by atoms with Gasteiger partial charge >= 0.3 is 0 Å². The first-order valence-electron chi connectivity index (χ1n) is 5.33. The van der Waals surface area contributed by atoms with Gasteiger partial charge in [0.1, 0.15) is 18.3 Å². The van der Waals surface area contributed by atoms with Crippen LogP contribution in [-0.4, -0.2) is 17.0 Å². The van der Waals surface area contributed by atoms with Crippen LogP contribution in [0.5, 0.6) is 0 Å². The third-order valence-electron chi connectivity index (χ3n) is 3.02. The number of rotatable bonds is 2. The van der Waals surface area contributed by atoms with Crippen LogP contribution in [0.2, 0.25) is 0 Å². The Morgan fingerprint density at radius 1 is 1.29 bits per heavy atom. The molecule has 1 aliphatic heterocycles. The molecule has 0 amide bonds. The van der Waals surface area contributed by atoms with Crippen LogP contribution in [0, 0.1) is 0 Å². The number of nitrogens with zero attached hydrogens (tertiary/aromatic N) is 1. The molecule has 1 saturated carbocycles. The lowest BCUT2D eigenvalue weighted by atomic mass is 10.1. The maximum absolute atomic E-state index is 13.1. The predicted molar refractivity (Wildman–Crippen MR) is 59.4 cm³/mol. The minimum Gasteiger partial charge on any atom is -0.411 e. The molecule has 5 heteroatoms. The Bertz CT molecular complexity index is 463. The van der Waals surface area contributed by atoms with Gasteiger partial charge in [0.2, 0.25) is 0 Å². The van der Waals surface area contributed by atoms with Gasteiger partial charge in [0.15, 0.2) is 0 Å². The van der Waals surface area contributed by atoms with Crippen LogP contribution in [0.1, 0.15) is 18.0 Å². The minimum atomic E-state index is -2.66. The lowest BCUT2D eigenvalue weighted by molar-refractivity contribution is -0.135. The maximum atomic E-state index is 13.1. The maximum Gasteiger partial charge on any atom is 0.268 e. The highest BCUT2D eigenvalue weighted by Gasteiger charge is 2.63. The second-order valence-corrected chi connectivity index (χ2v) is 4.70. The Hall–Kier alpha value is -1.13. The Morgan fingerprint density at radius 2 is 1.94 bits per heavy atom. The third-order valence-corrected chi connectivity index (χ3v) is 3.31. The van der Waals surface area contributed by atoms with E-state index in [2.05, 4.69) is 0 Å². The van der Waals surface area contributed by atoms with E-state index < -0.39 is 18.0 Å². The zero-order valence-corrected chi connectivity index (χ0v) is 9.57. The third kappa shape index (κ3) is 1.81. The molecular formula is C12H10ClF2NO. The Kier molecular flexibility index (Phi) is 2.38. The van der Waals surface area contributed by atoms with E-state index in [9.17, 15) is 8.78 Å². The molecule has 0 spiro atoms. The molecule has 1 aliphatic carbocycles. The van der Waals surface area contributed by atoms with E-state index in [-0.39, 0.29) is 6.42 Å². The number of hydrogen-bond donors (Lipinski definition) is 0. The normalized spacial score (nSPS) is 30.9. The van der Waals surface area contributed by atoms with Crippen molar-refractivity contribution in [1.82, 2.24) is 5.06 Å². The van der Waals surface area contributed by atoms with Gasteiger partial charge in [-0.05, 0) is 5.56 Å². The van der Waals surface area contributed by atoms with Crippen molar-refractivity contribution in [1.29, 1.82) is 0 Å². The topological polar surface area (TPSA) is 12.5 Å². The van der Waals surface area contributed by atoms with E-state index in [0.717, 1.165) is 5.56 Å². The summed E-state index contributed by atoms with van der Waals surface area (Å²) in [4.78, 5) is 5.15. The van der Waals surface area contributed by atoms with Crippen molar-refractivity contribution in [2.75, 3.05) is 0 Å². The van der Waals surface area contributed by atoms with E-state index >= 15 is 0 Å². The molecule has 2 nitrogen and oxygen atoms in total. The van der Waals surface area contributed by atoms with Gasteiger partial charge < -0.3 is 4.84 Å². The zero-order chi connectivity index (χ0) is 12.0. The summed E-state index contributed by atoms with van der Waals surface area (Å²) in [6, 6.07) is 7.97. The number of hydroxylamine groups is 2. The molecule has 2 aliphatic rings. The fraction of sp³-hybridized carbons (Fsp3) is 0.333. The highest BCUT2D eigenvalue weighted by molar-refractivity contribution is 6.30. The first kappa shape index (κ1) is 11.0. The van der Waals surface area contributed by atoms with Crippen LogP contribution in [0.4, 0.5) is 8.78 Å². The molecule has 1 fully saturated rings. The van der Waals surface area contributed by atoms with E-state index in [4.69, 9.17) is 16.4 Å². The Labute approximate surface area is 102 Å². The lowest BCUT2D eigenvalue weighted by Crippen LogP contribution is -2.29. The van der Waals surface area contributed by atoms with Crippen LogP contribution < -0.4 is 0 Å². The molecule has 1 aromatic carbocycles. The van der Waals surface area contributed by atoms with Crippen LogP contribution >= 0.6 is 11.6 Å². The molecule has 0 radical (unpaired) electrons. The molecule has 2 unspecified atom stereocenters. The second-order valence-electron chi connectivity index (χ2n) is 4.26. The van der Waals surface area contributed by atoms with Gasteiger partial charge in [0, 0.05) is 6.42 Å². The predicted octanol–water partition coefficient (Wildman–Crippen LogP) is 3.46. The van der Waals surface area contributed by atoms with Crippen LogP contribution in [0.3, 0.4) is 0 Å². The van der Waals surface area contributed by atoms with Crippen molar-refractivity contribution in [3.05, 3.63) is 47.2 Å². The number of alkyl halides is 2. The van der Waals surface area contributed by atoms with Crippen molar-refractivity contribution in [3.8, 4) is 0 Å². The molecule has 0 saturated heterocycles. The summed E-state index contributed by atoms with van der Waals surface area (Å²) in [5.41, 5.74) is 0.856. The van der Waals surface area contributed by atoms with Crippen molar-refractivity contribution in [2.45, 2.75) is 24.4 Å². The van der Waals surface area contributed by atoms with Crippen LogP contribution in [-0.2, 0) is 4.84 Å². The van der Waals surface area contributed by atoms with Gasteiger partial charge in [-0.3, -0.25) is 0 Å². The van der Waals surface area contributed by atoms with Gasteiger partial charge in [-0.1, -0.05) is 41.9 Å². The monoisotopic (exact) mass is 257 g/mol. The van der Waals surface area contributed by atoms with E-state index in [1.165, 1.54) is 11.3 Å². The molecule has 90 valence electrons. The summed E-state index contributed by atoms with van der Waals surface area (Å²) < 4.78 is 26.2. The standard InChI is InChI=1S/C12H10ClF2NO/c13-9-7-17-16(10-6-12(10,14)15)11(9)8-4-2-1-3-5-8/h1-5,7,10-11H,6H2. The van der Waals surface area contributed by atoms with Gasteiger partial charge in [-0.25, -0.2) is 8.78 Å². The smallest absolute Gasteiger partial charge is 0.268 e. The fourth-order valence-electron chi connectivity index (χ4n) is 2.03. The zero-order valence-electron chi connectivity index (χ0n) is 8.82. The van der Waals surface area contributed by atoms with Crippen molar-refractivity contribution >= 4 is 11.6 Å². The molecule has 2 atom stereocenters. The average Bonchev–Trinajstić information content (AvgIpc) is 2.78. The van der Waals surface area contributed by atoms with Crippen LogP contribution in [0.15, 0.2) is 41.6 Å². The quantitative estimate of drug-likeness (QED) is 0.804. The number of benzene rings is 1. The first-order valence-corrected chi connectivity index (χ1v) is 5.71. The average molecular weight is 258 g/mol. The summed E-state index contributed by atoms with van der Waals surface area (Å²) in [6.07, 6.45) is 1.15. The van der Waals surface area contributed by atoms with Crippen molar-refractivity contribution < 1.29 is 13.6 Å². The van der Waals surface area contributed by atoms with E-state index in [1.54, 1.807) is 0 Å². The Balaban J connectivity index is 1.88. The molecule has 17 heavy (non-hydrogen) atoms. The van der Waals surface area contributed by atoms with Gasteiger partial charge in [0.25, 0.3) is 5.92 Å². The van der Waals surface area contributed by atoms with E-state index in [1.807, 2.05) is 30.3 Å². The largest absolute Gasteiger partial charge is 0.411 e. The minimum absolute atomic E-state index is 0.172.